The van der Waals surface area contributed by atoms with Crippen molar-refractivity contribution in [2.24, 2.45) is 0 Å². The Morgan fingerprint density at radius 1 is 0.774 bits per heavy atom. The summed E-state index contributed by atoms with van der Waals surface area (Å²) >= 11 is 0. The summed E-state index contributed by atoms with van der Waals surface area (Å²) in [5.41, 5.74) is 0. The molecule has 0 aromatic heterocycles. The summed E-state index contributed by atoms with van der Waals surface area (Å²) in [6.45, 7) is 7.46. The third kappa shape index (κ3) is 3.12. The molecule has 6 rings (SSSR count). The molecule has 3 unspecified atom stereocenters. The maximum Gasteiger partial charge on any atom is 0.198 e. The van der Waals surface area contributed by atoms with Gasteiger partial charge in [0.15, 0.2) is 7.83 Å². The van der Waals surface area contributed by atoms with E-state index in [1.807, 2.05) is 0 Å². The fourth-order valence-electron chi connectivity index (χ4n) is 6.15. The SMILES string of the molecule is CC1C[SiH](C)[SiH2][Si](C)(c2c3ccccc3cc3c2ccc2cc4ccccc4cc23)O1. The van der Waals surface area contributed by atoms with E-state index in [1.54, 1.807) is 5.19 Å². The molecule has 0 amide bonds. The van der Waals surface area contributed by atoms with Crippen LogP contribution in [0.5, 0.6) is 0 Å². The van der Waals surface area contributed by atoms with Crippen molar-refractivity contribution in [1.29, 1.82) is 0 Å². The second-order valence-electron chi connectivity index (χ2n) is 9.76. The first-order valence-corrected chi connectivity index (χ1v) is 21.4. The molecular weight excluding hydrogens is 425 g/mol. The van der Waals surface area contributed by atoms with E-state index in [9.17, 15) is 0 Å². The average molecular weight is 453 g/mol. The Bertz CT molecular complexity index is 1470. The molecule has 154 valence electrons. The fourth-order valence-corrected chi connectivity index (χ4v) is 37.0. The number of rotatable bonds is 1. The zero-order valence-electron chi connectivity index (χ0n) is 18.5. The molecular formula is C27H28OSi3. The van der Waals surface area contributed by atoms with Crippen molar-refractivity contribution < 1.29 is 4.43 Å². The third-order valence-electron chi connectivity index (χ3n) is 7.19. The van der Waals surface area contributed by atoms with Gasteiger partial charge in [0.1, 0.15) is 0 Å². The van der Waals surface area contributed by atoms with Crippen molar-refractivity contribution in [2.75, 3.05) is 0 Å². The van der Waals surface area contributed by atoms with Crippen LogP contribution in [0.15, 0.2) is 78.9 Å². The Labute approximate surface area is 188 Å². The van der Waals surface area contributed by atoms with Crippen LogP contribution in [0.4, 0.5) is 0 Å². The largest absolute Gasteiger partial charge is 0.414 e. The summed E-state index contributed by atoms with van der Waals surface area (Å²) in [6, 6.07) is 31.0. The van der Waals surface area contributed by atoms with E-state index in [0.29, 0.717) is 6.10 Å². The minimum absolute atomic E-state index is 0.186. The van der Waals surface area contributed by atoms with Gasteiger partial charge < -0.3 is 4.43 Å². The molecule has 5 aromatic carbocycles. The summed E-state index contributed by atoms with van der Waals surface area (Å²) in [7, 11) is -2.71. The summed E-state index contributed by atoms with van der Waals surface area (Å²) in [6.07, 6.45) is 0.429. The Morgan fingerprint density at radius 2 is 1.42 bits per heavy atom. The van der Waals surface area contributed by atoms with Gasteiger partial charge in [0.05, 0.1) is 0 Å². The van der Waals surface area contributed by atoms with E-state index >= 15 is 0 Å². The summed E-state index contributed by atoms with van der Waals surface area (Å²) < 4.78 is 6.96. The predicted molar refractivity (Wildman–Crippen MR) is 145 cm³/mol. The van der Waals surface area contributed by atoms with Crippen molar-refractivity contribution in [3.05, 3.63) is 78.9 Å². The Morgan fingerprint density at radius 3 is 2.19 bits per heavy atom. The quantitative estimate of drug-likeness (QED) is 0.185. The first-order valence-electron chi connectivity index (χ1n) is 11.5. The van der Waals surface area contributed by atoms with Crippen LogP contribution in [0, 0.1) is 0 Å². The number of hydrogen-bond acceptors (Lipinski definition) is 1. The molecule has 0 spiro atoms. The van der Waals surface area contributed by atoms with E-state index in [-0.39, 0.29) is 8.55 Å². The highest BCUT2D eigenvalue weighted by Crippen LogP contribution is 2.34. The van der Waals surface area contributed by atoms with Crippen molar-refractivity contribution in [3.63, 3.8) is 0 Å². The fraction of sp³-hybridized carbons (Fsp3) is 0.185. The van der Waals surface area contributed by atoms with Gasteiger partial charge in [0.2, 0.25) is 0 Å². The van der Waals surface area contributed by atoms with Crippen LogP contribution in [-0.4, -0.2) is 30.8 Å². The minimum atomic E-state index is -1.91. The zero-order chi connectivity index (χ0) is 21.2. The van der Waals surface area contributed by atoms with E-state index in [4.69, 9.17) is 4.43 Å². The second-order valence-corrected chi connectivity index (χ2v) is 29.2. The van der Waals surface area contributed by atoms with Crippen LogP contribution < -0.4 is 5.19 Å². The molecule has 5 aromatic rings. The number of hydrogen-bond donors (Lipinski definition) is 0. The number of benzene rings is 5. The molecule has 0 radical (unpaired) electrons. The van der Waals surface area contributed by atoms with E-state index < -0.39 is 16.1 Å². The molecule has 1 aliphatic heterocycles. The molecule has 4 heteroatoms. The standard InChI is InChI=1S/C27H28OSi3/c1-18-17-30(2)29-31(3,28-18)27-23-11-7-6-10-21(23)16-26-24(27)13-12-22-14-19-8-4-5-9-20(19)15-25(22)26/h4-16,18,30H,17,29H2,1-3H3. The molecule has 0 aliphatic carbocycles. The predicted octanol–water partition coefficient (Wildman–Crippen LogP) is 5.52. The first kappa shape index (κ1) is 19.4. The van der Waals surface area contributed by atoms with Crippen molar-refractivity contribution >= 4 is 73.0 Å². The lowest BCUT2D eigenvalue weighted by atomic mass is 9.96. The summed E-state index contributed by atoms with van der Waals surface area (Å²) in [5.74, 6) is 0. The highest BCUT2D eigenvalue weighted by atomic mass is 29.6. The maximum atomic E-state index is 6.96. The van der Waals surface area contributed by atoms with E-state index in [2.05, 4.69) is 98.9 Å². The molecule has 0 N–H and O–H groups in total. The van der Waals surface area contributed by atoms with Gasteiger partial charge in [-0.15, -0.1) is 0 Å². The maximum absolute atomic E-state index is 6.96. The van der Waals surface area contributed by atoms with Crippen LogP contribution in [0.2, 0.25) is 19.1 Å². The van der Waals surface area contributed by atoms with Crippen molar-refractivity contribution in [1.82, 2.24) is 0 Å². The van der Waals surface area contributed by atoms with Gasteiger partial charge in [0.25, 0.3) is 0 Å². The molecule has 1 nitrogen and oxygen atoms in total. The summed E-state index contributed by atoms with van der Waals surface area (Å²) in [5, 5.41) is 12.6. The third-order valence-corrected chi connectivity index (χ3v) is 32.9. The van der Waals surface area contributed by atoms with Gasteiger partial charge >= 0.3 is 0 Å². The Balaban J connectivity index is 1.75. The van der Waals surface area contributed by atoms with Crippen LogP contribution in [0.1, 0.15) is 6.92 Å². The van der Waals surface area contributed by atoms with Gasteiger partial charge in [0, 0.05) is 23.0 Å². The van der Waals surface area contributed by atoms with Gasteiger partial charge in [-0.05, 0) is 86.0 Å². The smallest absolute Gasteiger partial charge is 0.198 e. The molecule has 31 heavy (non-hydrogen) atoms. The van der Waals surface area contributed by atoms with E-state index in [1.165, 1.54) is 49.1 Å². The topological polar surface area (TPSA) is 9.23 Å². The lowest BCUT2D eigenvalue weighted by Crippen LogP contribution is -2.63. The molecule has 0 bridgehead atoms. The second kappa shape index (κ2) is 7.14. The van der Waals surface area contributed by atoms with Crippen LogP contribution in [0.25, 0.3) is 43.1 Å². The van der Waals surface area contributed by atoms with Crippen LogP contribution in [0.3, 0.4) is 0 Å². The lowest BCUT2D eigenvalue weighted by molar-refractivity contribution is 0.242. The molecule has 1 heterocycles. The van der Waals surface area contributed by atoms with Gasteiger partial charge in [-0.2, -0.15) is 0 Å². The first-order chi connectivity index (χ1) is 15.0. The number of fused-ring (bicyclic) bond motifs is 5. The molecule has 1 aliphatic rings. The molecule has 3 atom stereocenters. The Kier molecular flexibility index (Phi) is 4.47. The van der Waals surface area contributed by atoms with Crippen LogP contribution >= 0.6 is 0 Å². The summed E-state index contributed by atoms with van der Waals surface area (Å²) in [4.78, 5) is 0. The van der Waals surface area contributed by atoms with Gasteiger partial charge in [-0.25, -0.2) is 0 Å². The molecule has 1 saturated heterocycles. The van der Waals surface area contributed by atoms with Gasteiger partial charge in [-0.1, -0.05) is 67.2 Å². The highest BCUT2D eigenvalue weighted by Gasteiger charge is 2.42. The Hall–Kier alpha value is -2.25. The highest BCUT2D eigenvalue weighted by molar-refractivity contribution is 7.50. The minimum Gasteiger partial charge on any atom is -0.414 e. The monoisotopic (exact) mass is 452 g/mol. The molecule has 0 saturated carbocycles. The average Bonchev–Trinajstić information content (AvgIpc) is 2.75. The van der Waals surface area contributed by atoms with Crippen molar-refractivity contribution in [3.8, 4) is 0 Å². The van der Waals surface area contributed by atoms with Crippen molar-refractivity contribution in [2.45, 2.75) is 32.2 Å². The molecule has 1 fully saturated rings. The zero-order valence-corrected chi connectivity index (χ0v) is 22.1. The van der Waals surface area contributed by atoms with Gasteiger partial charge in [-0.3, -0.25) is 0 Å². The lowest BCUT2D eigenvalue weighted by Gasteiger charge is -2.40. The van der Waals surface area contributed by atoms with E-state index in [0.717, 1.165) is 0 Å². The normalized spacial score (nSPS) is 25.1. The van der Waals surface area contributed by atoms with Crippen LogP contribution in [-0.2, 0) is 4.43 Å².